The van der Waals surface area contributed by atoms with Crippen molar-refractivity contribution in [1.29, 1.82) is 0 Å². The molecule has 0 aromatic heterocycles. The number of likely N-dealkylation sites (N-methyl/N-ethyl adjacent to an activating group) is 1. The smallest absolute Gasteiger partial charge is 0.161 e. The summed E-state index contributed by atoms with van der Waals surface area (Å²) in [6, 6.07) is 5.76. The second-order valence-corrected chi connectivity index (χ2v) is 3.84. The standard InChI is InChI=1S/C12H20N2O2/c1-14(2)6-7-16-11-5-4-10(9-13)8-12(11)15-3/h4-5,8H,6-7,9,13H2,1-3H3. The number of hydrogen-bond donors (Lipinski definition) is 1. The molecule has 4 heteroatoms. The van der Waals surface area contributed by atoms with Gasteiger partial charge in [-0.05, 0) is 31.8 Å². The van der Waals surface area contributed by atoms with Gasteiger partial charge >= 0.3 is 0 Å². The topological polar surface area (TPSA) is 47.7 Å². The number of benzene rings is 1. The number of hydrogen-bond acceptors (Lipinski definition) is 4. The van der Waals surface area contributed by atoms with E-state index >= 15 is 0 Å². The van der Waals surface area contributed by atoms with Crippen LogP contribution in [0.5, 0.6) is 11.5 Å². The minimum absolute atomic E-state index is 0.508. The highest BCUT2D eigenvalue weighted by Crippen LogP contribution is 2.27. The molecule has 0 fully saturated rings. The van der Waals surface area contributed by atoms with Gasteiger partial charge in [0.15, 0.2) is 11.5 Å². The molecule has 0 atom stereocenters. The Morgan fingerprint density at radius 3 is 2.56 bits per heavy atom. The van der Waals surface area contributed by atoms with Gasteiger partial charge in [0.1, 0.15) is 6.61 Å². The average Bonchev–Trinajstić information content (AvgIpc) is 2.29. The molecule has 90 valence electrons. The van der Waals surface area contributed by atoms with E-state index in [1.165, 1.54) is 0 Å². The zero-order chi connectivity index (χ0) is 12.0. The van der Waals surface area contributed by atoms with Crippen LogP contribution in [-0.2, 0) is 6.54 Å². The van der Waals surface area contributed by atoms with Crippen molar-refractivity contribution in [3.05, 3.63) is 23.8 Å². The minimum atomic E-state index is 0.508. The summed E-state index contributed by atoms with van der Waals surface area (Å²) in [5, 5.41) is 0. The van der Waals surface area contributed by atoms with Crippen LogP contribution in [0.1, 0.15) is 5.56 Å². The van der Waals surface area contributed by atoms with Crippen LogP contribution in [0.4, 0.5) is 0 Å². The number of nitrogens with two attached hydrogens (primary N) is 1. The van der Waals surface area contributed by atoms with Crippen LogP contribution < -0.4 is 15.2 Å². The van der Waals surface area contributed by atoms with E-state index in [1.54, 1.807) is 7.11 Å². The fourth-order valence-corrected chi connectivity index (χ4v) is 1.30. The number of nitrogens with zero attached hydrogens (tertiary/aromatic N) is 1. The first kappa shape index (κ1) is 12.8. The molecule has 0 bridgehead atoms. The van der Waals surface area contributed by atoms with E-state index in [9.17, 15) is 0 Å². The summed E-state index contributed by atoms with van der Waals surface area (Å²) in [5.74, 6) is 1.50. The second-order valence-electron chi connectivity index (χ2n) is 3.84. The third-order valence-corrected chi connectivity index (χ3v) is 2.26. The minimum Gasteiger partial charge on any atom is -0.493 e. The predicted molar refractivity (Wildman–Crippen MR) is 64.9 cm³/mol. The van der Waals surface area contributed by atoms with Crippen molar-refractivity contribution >= 4 is 0 Å². The molecule has 1 rings (SSSR count). The van der Waals surface area contributed by atoms with Gasteiger partial charge in [0.25, 0.3) is 0 Å². The highest BCUT2D eigenvalue weighted by atomic mass is 16.5. The first-order valence-electron chi connectivity index (χ1n) is 5.32. The number of rotatable bonds is 6. The third-order valence-electron chi connectivity index (χ3n) is 2.26. The van der Waals surface area contributed by atoms with Gasteiger partial charge in [0.05, 0.1) is 7.11 Å². The maximum atomic E-state index is 5.63. The van der Waals surface area contributed by atoms with Crippen LogP contribution in [0.3, 0.4) is 0 Å². The van der Waals surface area contributed by atoms with Crippen molar-refractivity contribution < 1.29 is 9.47 Å². The maximum absolute atomic E-state index is 5.63. The van der Waals surface area contributed by atoms with E-state index < -0.39 is 0 Å². The molecule has 0 unspecified atom stereocenters. The van der Waals surface area contributed by atoms with Crippen LogP contribution in [0.2, 0.25) is 0 Å². The molecule has 1 aromatic rings. The van der Waals surface area contributed by atoms with Crippen molar-refractivity contribution in [2.45, 2.75) is 6.54 Å². The molecule has 0 aliphatic carbocycles. The summed E-state index contributed by atoms with van der Waals surface area (Å²) >= 11 is 0. The monoisotopic (exact) mass is 224 g/mol. The third kappa shape index (κ3) is 3.72. The van der Waals surface area contributed by atoms with E-state index in [0.29, 0.717) is 13.2 Å². The highest BCUT2D eigenvalue weighted by Gasteiger charge is 2.05. The number of ether oxygens (including phenoxy) is 2. The van der Waals surface area contributed by atoms with Gasteiger partial charge in [0, 0.05) is 13.1 Å². The normalized spacial score (nSPS) is 10.6. The molecule has 0 heterocycles. The van der Waals surface area contributed by atoms with Gasteiger partial charge in [-0.15, -0.1) is 0 Å². The molecule has 0 saturated heterocycles. The molecular formula is C12H20N2O2. The molecule has 1 aromatic carbocycles. The van der Waals surface area contributed by atoms with E-state index in [4.69, 9.17) is 15.2 Å². The summed E-state index contributed by atoms with van der Waals surface area (Å²) in [5.41, 5.74) is 6.60. The molecule has 0 amide bonds. The van der Waals surface area contributed by atoms with Crippen molar-refractivity contribution in [3.63, 3.8) is 0 Å². The molecular weight excluding hydrogens is 204 g/mol. The van der Waals surface area contributed by atoms with Gasteiger partial charge < -0.3 is 20.1 Å². The fourth-order valence-electron chi connectivity index (χ4n) is 1.30. The molecule has 4 nitrogen and oxygen atoms in total. The van der Waals surface area contributed by atoms with Crippen LogP contribution in [0.15, 0.2) is 18.2 Å². The Morgan fingerprint density at radius 2 is 2.00 bits per heavy atom. The van der Waals surface area contributed by atoms with E-state index in [-0.39, 0.29) is 0 Å². The summed E-state index contributed by atoms with van der Waals surface area (Å²) in [6.07, 6.45) is 0. The van der Waals surface area contributed by atoms with Crippen LogP contribution in [-0.4, -0.2) is 39.3 Å². The predicted octanol–water partition coefficient (Wildman–Crippen LogP) is 1.09. The number of methoxy groups -OCH3 is 1. The molecule has 0 spiro atoms. The van der Waals surface area contributed by atoms with Crippen LogP contribution >= 0.6 is 0 Å². The summed E-state index contributed by atoms with van der Waals surface area (Å²) < 4.78 is 10.9. The zero-order valence-corrected chi connectivity index (χ0v) is 10.2. The van der Waals surface area contributed by atoms with Crippen molar-refractivity contribution in [2.75, 3.05) is 34.4 Å². The molecule has 0 aliphatic heterocycles. The van der Waals surface area contributed by atoms with Gasteiger partial charge in [-0.3, -0.25) is 0 Å². The lowest BCUT2D eigenvalue weighted by atomic mass is 10.2. The molecule has 0 aliphatic rings. The Kier molecular flexibility index (Phi) is 5.08. The van der Waals surface area contributed by atoms with Gasteiger partial charge in [-0.2, -0.15) is 0 Å². The first-order valence-corrected chi connectivity index (χ1v) is 5.32. The molecule has 2 N–H and O–H groups in total. The quantitative estimate of drug-likeness (QED) is 0.786. The largest absolute Gasteiger partial charge is 0.493 e. The lowest BCUT2D eigenvalue weighted by Gasteiger charge is -2.14. The van der Waals surface area contributed by atoms with Crippen LogP contribution in [0.25, 0.3) is 0 Å². The lowest BCUT2D eigenvalue weighted by molar-refractivity contribution is 0.250. The van der Waals surface area contributed by atoms with Gasteiger partial charge in [0.2, 0.25) is 0 Å². The van der Waals surface area contributed by atoms with E-state index in [2.05, 4.69) is 4.90 Å². The Balaban J connectivity index is 2.64. The van der Waals surface area contributed by atoms with Gasteiger partial charge in [-0.1, -0.05) is 6.07 Å². The Hall–Kier alpha value is -1.26. The van der Waals surface area contributed by atoms with E-state index in [0.717, 1.165) is 23.6 Å². The summed E-state index contributed by atoms with van der Waals surface area (Å²) in [7, 11) is 5.66. The SMILES string of the molecule is COc1cc(CN)ccc1OCCN(C)C. The summed E-state index contributed by atoms with van der Waals surface area (Å²) in [4.78, 5) is 2.07. The molecule has 0 radical (unpaired) electrons. The molecule has 16 heavy (non-hydrogen) atoms. The highest BCUT2D eigenvalue weighted by molar-refractivity contribution is 5.42. The Morgan fingerprint density at radius 1 is 1.25 bits per heavy atom. The van der Waals surface area contributed by atoms with E-state index in [1.807, 2.05) is 32.3 Å². The fraction of sp³-hybridized carbons (Fsp3) is 0.500. The maximum Gasteiger partial charge on any atom is 0.161 e. The molecule has 0 saturated carbocycles. The second kappa shape index (κ2) is 6.35. The Bertz CT molecular complexity index is 327. The summed E-state index contributed by atoms with van der Waals surface area (Å²) in [6.45, 7) is 2.03. The Labute approximate surface area is 96.9 Å². The van der Waals surface area contributed by atoms with Crippen molar-refractivity contribution in [3.8, 4) is 11.5 Å². The van der Waals surface area contributed by atoms with Crippen molar-refractivity contribution in [2.24, 2.45) is 5.73 Å². The van der Waals surface area contributed by atoms with Crippen molar-refractivity contribution in [1.82, 2.24) is 4.90 Å². The first-order chi connectivity index (χ1) is 7.67. The lowest BCUT2D eigenvalue weighted by Crippen LogP contribution is -2.19. The van der Waals surface area contributed by atoms with Gasteiger partial charge in [-0.25, -0.2) is 0 Å². The zero-order valence-electron chi connectivity index (χ0n) is 10.2. The van der Waals surface area contributed by atoms with Crippen LogP contribution in [0, 0.1) is 0 Å². The average molecular weight is 224 g/mol.